The van der Waals surface area contributed by atoms with Crippen molar-refractivity contribution >= 4 is 109 Å². The number of para-hydroxylation sites is 12. The Hall–Kier alpha value is -13.5. The Kier molecular flexibility index (Phi) is 19.3. The van der Waals surface area contributed by atoms with Gasteiger partial charge in [0.2, 0.25) is 0 Å². The third-order valence-corrected chi connectivity index (χ3v) is 20.4. The van der Waals surface area contributed by atoms with E-state index in [4.69, 9.17) is 0 Å². The molecule has 0 spiro atoms. The molecule has 0 aliphatic heterocycles. The van der Waals surface area contributed by atoms with E-state index in [-0.39, 0.29) is 0 Å². The van der Waals surface area contributed by atoms with Crippen LogP contribution in [-0.2, 0) is 0 Å². The number of aryl methyl sites for hydroxylation is 6. The van der Waals surface area contributed by atoms with Crippen molar-refractivity contribution in [3.63, 3.8) is 0 Å². The zero-order valence-electron chi connectivity index (χ0n) is 61.3. The number of hydrogen-bond acceptors (Lipinski definition) is 0. The first kappa shape index (κ1) is 68.0. The van der Waals surface area contributed by atoms with Gasteiger partial charge in [-0.25, -0.2) is 0 Å². The van der Waals surface area contributed by atoms with Crippen molar-refractivity contribution in [1.82, 2.24) is 22.8 Å². The lowest BCUT2D eigenvalue weighted by atomic mass is 10.1. The van der Waals surface area contributed by atoms with Crippen LogP contribution in [0.15, 0.2) is 394 Å². The first-order valence-electron chi connectivity index (χ1n) is 36.9. The smallest absolute Gasteiger partial charge is 0.0570 e. The molecule has 0 saturated carbocycles. The average molecular weight is 1380 g/mol. The van der Waals surface area contributed by atoms with E-state index >= 15 is 0 Å². The summed E-state index contributed by atoms with van der Waals surface area (Å²) in [5.41, 5.74) is 26.7. The number of hydrogen-bond donors (Lipinski definition) is 0. The zero-order chi connectivity index (χ0) is 72.7. The zero-order valence-corrected chi connectivity index (χ0v) is 61.3. The van der Waals surface area contributed by atoms with Gasteiger partial charge < -0.3 is 22.8 Å². The Morgan fingerprint density at radius 2 is 0.421 bits per heavy atom. The van der Waals surface area contributed by atoms with Crippen molar-refractivity contribution in [1.29, 1.82) is 0 Å². The summed E-state index contributed by atoms with van der Waals surface area (Å²) in [5, 5.41) is 13.2. The van der Waals surface area contributed by atoms with Crippen LogP contribution in [-0.4, -0.2) is 22.8 Å². The van der Waals surface area contributed by atoms with E-state index in [0.717, 1.165) is 0 Å². The van der Waals surface area contributed by atoms with Crippen molar-refractivity contribution in [3.8, 4) is 28.4 Å². The fraction of sp³-hybridized carbons (Fsp3) is 0.0588. The average Bonchev–Trinajstić information content (AvgIpc) is 1.62. The molecule has 5 heteroatoms. The summed E-state index contributed by atoms with van der Waals surface area (Å²) >= 11 is 0. The van der Waals surface area contributed by atoms with Crippen LogP contribution in [0.25, 0.3) is 137 Å². The Bertz CT molecular complexity index is 6430. The maximum Gasteiger partial charge on any atom is 0.0570 e. The Labute approximate surface area is 625 Å². The largest absolute Gasteiger partial charge is 0.309 e. The monoisotopic (exact) mass is 1380 g/mol. The highest BCUT2D eigenvalue weighted by Crippen LogP contribution is 2.39. The summed E-state index contributed by atoms with van der Waals surface area (Å²) < 4.78 is 11.7. The molecule has 0 fully saturated rings. The topological polar surface area (TPSA) is 24.6 Å². The van der Waals surface area contributed by atoms with E-state index in [9.17, 15) is 0 Å². The molecule has 5 nitrogen and oxygen atoms in total. The molecule has 0 N–H and O–H groups in total. The van der Waals surface area contributed by atoms with Crippen LogP contribution in [0.1, 0.15) is 33.4 Å². The summed E-state index contributed by atoms with van der Waals surface area (Å²) in [6, 6.07) is 139. The minimum atomic E-state index is 1.21. The Morgan fingerprint density at radius 1 is 0.150 bits per heavy atom. The molecule has 0 unspecified atom stereocenters. The summed E-state index contributed by atoms with van der Waals surface area (Å²) in [6.45, 7) is 12.9. The molecular formula is C102H83N5. The molecule has 21 rings (SSSR count). The lowest BCUT2D eigenvalue weighted by molar-refractivity contribution is 1.17. The van der Waals surface area contributed by atoms with Crippen molar-refractivity contribution in [2.75, 3.05) is 0 Å². The van der Waals surface area contributed by atoms with E-state index in [1.165, 1.54) is 171 Å². The first-order valence-corrected chi connectivity index (χ1v) is 36.9. The highest BCUT2D eigenvalue weighted by molar-refractivity contribution is 6.14. The molecule has 0 aliphatic carbocycles. The standard InChI is InChI=1S/5C19H15N.C7H8/c2*1-14-8-7-12-17-16-11-5-6-13-18(16)20(19(14)17)15-9-3-2-4-10-15;1-14-8-7-13-18-19(14)16-11-5-6-12-17(16)20(18)15-9-3-2-4-10-15;1-14-11-12-19-17(13-14)16-9-5-6-10-18(16)20(19)15-7-3-2-4-8-15;1-14-11-12-17-16-9-5-6-10-18(16)20(19(17)13-14)15-7-3-2-4-8-15;1-7-5-3-2-4-6-7/h5*2-13H,1H3;2-6H,1H3. The van der Waals surface area contributed by atoms with Crippen LogP contribution in [0.2, 0.25) is 0 Å². The van der Waals surface area contributed by atoms with Gasteiger partial charge in [-0.3, -0.25) is 0 Å². The number of aromatic nitrogens is 5. The second-order valence-corrected chi connectivity index (χ2v) is 27.5. The molecule has 0 aliphatic rings. The van der Waals surface area contributed by atoms with Crippen molar-refractivity contribution in [2.45, 2.75) is 41.5 Å². The maximum absolute atomic E-state index is 2.36. The lowest BCUT2D eigenvalue weighted by Gasteiger charge is -2.08. The molecule has 0 saturated heterocycles. The van der Waals surface area contributed by atoms with E-state index in [2.05, 4.69) is 440 Å². The predicted molar refractivity (Wildman–Crippen MR) is 459 cm³/mol. The quantitative estimate of drug-likeness (QED) is 0.164. The van der Waals surface area contributed by atoms with Crippen LogP contribution < -0.4 is 0 Å². The Balaban J connectivity index is 0.0000000999. The summed E-state index contributed by atoms with van der Waals surface area (Å²) in [7, 11) is 0. The second kappa shape index (κ2) is 30.5. The molecule has 0 radical (unpaired) electrons. The van der Waals surface area contributed by atoms with Gasteiger partial charge in [-0.1, -0.05) is 290 Å². The summed E-state index contributed by atoms with van der Waals surface area (Å²) in [5.74, 6) is 0. The van der Waals surface area contributed by atoms with Gasteiger partial charge in [0.1, 0.15) is 0 Å². The van der Waals surface area contributed by atoms with Crippen LogP contribution >= 0.6 is 0 Å². The predicted octanol–water partition coefficient (Wildman–Crippen LogP) is 27.5. The van der Waals surface area contributed by atoms with E-state index < -0.39 is 0 Å². The van der Waals surface area contributed by atoms with Gasteiger partial charge in [0.05, 0.1) is 55.2 Å². The third kappa shape index (κ3) is 13.4. The molecule has 107 heavy (non-hydrogen) atoms. The third-order valence-electron chi connectivity index (χ3n) is 20.4. The summed E-state index contributed by atoms with van der Waals surface area (Å²) in [4.78, 5) is 0. The van der Waals surface area contributed by atoms with Gasteiger partial charge in [0.15, 0.2) is 0 Å². The molecule has 5 aromatic heterocycles. The number of fused-ring (bicyclic) bond motifs is 15. The van der Waals surface area contributed by atoms with Crippen LogP contribution in [0.4, 0.5) is 0 Å². The minimum absolute atomic E-state index is 1.21. The normalized spacial score (nSPS) is 11.1. The minimum Gasteiger partial charge on any atom is -0.309 e. The SMILES string of the molecule is Cc1ccc2c(c1)c1ccccc1n2-c1ccccc1.Cc1ccc2c3ccccc3n(-c3ccccc3)c2c1.Cc1cccc2c1c1ccccc1n2-c1ccccc1.Cc1cccc2c3ccccc3n(-c3ccccc3)c12.Cc1cccc2c3ccccc3n(-c3ccccc3)c12.Cc1ccccc1. The molecular weight excluding hydrogens is 1300 g/mol. The van der Waals surface area contributed by atoms with Gasteiger partial charge in [-0.05, 0) is 179 Å². The maximum atomic E-state index is 2.36. The van der Waals surface area contributed by atoms with Crippen molar-refractivity contribution in [2.24, 2.45) is 0 Å². The first-order chi connectivity index (χ1) is 52.7. The molecule has 0 atom stereocenters. The fourth-order valence-electron chi connectivity index (χ4n) is 15.5. The van der Waals surface area contributed by atoms with Gasteiger partial charge in [-0.2, -0.15) is 0 Å². The molecule has 0 bridgehead atoms. The number of benzene rings is 16. The second-order valence-electron chi connectivity index (χ2n) is 27.5. The highest BCUT2D eigenvalue weighted by atomic mass is 15.0. The van der Waals surface area contributed by atoms with Gasteiger partial charge in [0.25, 0.3) is 0 Å². The van der Waals surface area contributed by atoms with E-state index in [0.29, 0.717) is 0 Å². The van der Waals surface area contributed by atoms with Crippen LogP contribution in [0, 0.1) is 41.5 Å². The van der Waals surface area contributed by atoms with Crippen molar-refractivity contribution < 1.29 is 0 Å². The number of nitrogens with zero attached hydrogens (tertiary/aromatic N) is 5. The molecule has 516 valence electrons. The van der Waals surface area contributed by atoms with E-state index in [1.54, 1.807) is 0 Å². The van der Waals surface area contributed by atoms with Crippen molar-refractivity contribution in [3.05, 3.63) is 428 Å². The van der Waals surface area contributed by atoms with Gasteiger partial charge in [-0.15, -0.1) is 0 Å². The number of rotatable bonds is 5. The van der Waals surface area contributed by atoms with E-state index in [1.807, 2.05) is 18.2 Å². The molecule has 5 heterocycles. The van der Waals surface area contributed by atoms with Gasteiger partial charge in [0, 0.05) is 82.3 Å². The highest BCUT2D eigenvalue weighted by Gasteiger charge is 2.18. The van der Waals surface area contributed by atoms with Crippen LogP contribution in [0.5, 0.6) is 0 Å². The molecule has 21 aromatic rings. The molecule has 16 aromatic carbocycles. The fourth-order valence-corrected chi connectivity index (χ4v) is 15.5. The van der Waals surface area contributed by atoms with Crippen LogP contribution in [0.3, 0.4) is 0 Å². The molecule has 0 amide bonds. The lowest BCUT2D eigenvalue weighted by Crippen LogP contribution is -1.94. The van der Waals surface area contributed by atoms with Gasteiger partial charge >= 0.3 is 0 Å². The Morgan fingerprint density at radius 3 is 0.850 bits per heavy atom. The summed E-state index contributed by atoms with van der Waals surface area (Å²) in [6.07, 6.45) is 0.